The first kappa shape index (κ1) is 13.1. The molecule has 4 heteroatoms. The van der Waals surface area contributed by atoms with Crippen molar-refractivity contribution >= 4 is 28.2 Å². The molecule has 0 bridgehead atoms. The molecule has 0 atom stereocenters. The number of hydrogen-bond acceptors (Lipinski definition) is 3. The lowest BCUT2D eigenvalue weighted by Gasteiger charge is -2.24. The standard InChI is InChI=1S/C14H17ClN2O/c1-18-11-10-17(9-7-15)14-6-8-16-13-5-3-2-4-12(13)14/h2-6,8H,7,9-11H2,1H3. The zero-order chi connectivity index (χ0) is 12.8. The highest BCUT2D eigenvalue weighted by Gasteiger charge is 2.09. The Kier molecular flexibility index (Phi) is 4.79. The maximum Gasteiger partial charge on any atom is 0.0722 e. The molecule has 0 N–H and O–H groups in total. The second kappa shape index (κ2) is 6.57. The number of para-hydroxylation sites is 1. The molecule has 0 spiro atoms. The van der Waals surface area contributed by atoms with Crippen molar-refractivity contribution in [3.63, 3.8) is 0 Å². The highest BCUT2D eigenvalue weighted by Crippen LogP contribution is 2.24. The normalized spacial score (nSPS) is 10.8. The Hall–Kier alpha value is -1.32. The summed E-state index contributed by atoms with van der Waals surface area (Å²) in [6.45, 7) is 2.32. The highest BCUT2D eigenvalue weighted by atomic mass is 35.5. The number of benzene rings is 1. The maximum absolute atomic E-state index is 5.88. The van der Waals surface area contributed by atoms with Gasteiger partial charge in [-0.3, -0.25) is 4.98 Å². The van der Waals surface area contributed by atoms with Gasteiger partial charge < -0.3 is 9.64 Å². The topological polar surface area (TPSA) is 25.4 Å². The minimum Gasteiger partial charge on any atom is -0.383 e. The van der Waals surface area contributed by atoms with Crippen molar-refractivity contribution in [3.05, 3.63) is 36.5 Å². The van der Waals surface area contributed by atoms with Gasteiger partial charge in [-0.15, -0.1) is 11.6 Å². The third-order valence-corrected chi connectivity index (χ3v) is 3.06. The van der Waals surface area contributed by atoms with Crippen LogP contribution in [0.1, 0.15) is 0 Å². The fraction of sp³-hybridized carbons (Fsp3) is 0.357. The average molecular weight is 265 g/mol. The Bertz CT molecular complexity index is 499. The number of fused-ring (bicyclic) bond motifs is 1. The largest absolute Gasteiger partial charge is 0.383 e. The van der Waals surface area contributed by atoms with Crippen LogP contribution in [0.2, 0.25) is 0 Å². The predicted molar refractivity (Wildman–Crippen MR) is 76.6 cm³/mol. The van der Waals surface area contributed by atoms with Crippen molar-refractivity contribution in [2.45, 2.75) is 0 Å². The van der Waals surface area contributed by atoms with E-state index in [-0.39, 0.29) is 0 Å². The first-order valence-electron chi connectivity index (χ1n) is 6.00. The number of aromatic nitrogens is 1. The zero-order valence-corrected chi connectivity index (χ0v) is 11.2. The minimum atomic E-state index is 0.598. The molecule has 0 saturated carbocycles. The summed E-state index contributed by atoms with van der Waals surface area (Å²) in [6.07, 6.45) is 1.84. The predicted octanol–water partition coefficient (Wildman–Crippen LogP) is 2.93. The molecule has 0 fully saturated rings. The Labute approximate surface area is 112 Å². The third-order valence-electron chi connectivity index (χ3n) is 2.89. The van der Waals surface area contributed by atoms with Crippen LogP contribution < -0.4 is 4.90 Å². The molecule has 96 valence electrons. The van der Waals surface area contributed by atoms with Crippen LogP contribution >= 0.6 is 11.6 Å². The molecule has 0 aliphatic heterocycles. The summed E-state index contributed by atoms with van der Waals surface area (Å²) in [5.74, 6) is 0.598. The van der Waals surface area contributed by atoms with Crippen LogP contribution in [0.3, 0.4) is 0 Å². The molecular formula is C14H17ClN2O. The van der Waals surface area contributed by atoms with Crippen molar-refractivity contribution in [1.82, 2.24) is 4.98 Å². The summed E-state index contributed by atoms with van der Waals surface area (Å²) in [5, 5.41) is 1.15. The summed E-state index contributed by atoms with van der Waals surface area (Å²) in [5.41, 5.74) is 2.17. The van der Waals surface area contributed by atoms with Gasteiger partial charge in [-0.05, 0) is 12.1 Å². The Morgan fingerprint density at radius 1 is 1.22 bits per heavy atom. The van der Waals surface area contributed by atoms with E-state index in [1.807, 2.05) is 30.5 Å². The Balaban J connectivity index is 2.36. The fourth-order valence-electron chi connectivity index (χ4n) is 2.01. The van der Waals surface area contributed by atoms with Crippen molar-refractivity contribution in [1.29, 1.82) is 0 Å². The molecule has 0 aliphatic rings. The van der Waals surface area contributed by atoms with Crippen molar-refractivity contribution in [3.8, 4) is 0 Å². The van der Waals surface area contributed by atoms with Gasteiger partial charge in [0.1, 0.15) is 0 Å². The van der Waals surface area contributed by atoms with Gasteiger partial charge in [0.05, 0.1) is 12.1 Å². The zero-order valence-electron chi connectivity index (χ0n) is 10.5. The van der Waals surface area contributed by atoms with E-state index in [1.54, 1.807) is 7.11 Å². The molecule has 2 aromatic rings. The number of halogens is 1. The van der Waals surface area contributed by atoms with E-state index >= 15 is 0 Å². The maximum atomic E-state index is 5.88. The molecular weight excluding hydrogens is 248 g/mol. The summed E-state index contributed by atoms with van der Waals surface area (Å²) < 4.78 is 5.15. The van der Waals surface area contributed by atoms with Crippen LogP contribution in [0, 0.1) is 0 Å². The van der Waals surface area contributed by atoms with Crippen LogP contribution in [0.4, 0.5) is 5.69 Å². The number of hydrogen-bond donors (Lipinski definition) is 0. The van der Waals surface area contributed by atoms with Gasteiger partial charge >= 0.3 is 0 Å². The van der Waals surface area contributed by atoms with Gasteiger partial charge in [0, 0.05) is 43.3 Å². The summed E-state index contributed by atoms with van der Waals surface area (Å²) >= 11 is 5.88. The number of rotatable bonds is 6. The first-order chi connectivity index (χ1) is 8.86. The number of ether oxygens (including phenoxy) is 1. The lowest BCUT2D eigenvalue weighted by Crippen LogP contribution is -2.29. The second-order valence-electron chi connectivity index (χ2n) is 4.02. The number of nitrogens with zero attached hydrogens (tertiary/aromatic N) is 2. The van der Waals surface area contributed by atoms with Crippen molar-refractivity contribution < 1.29 is 4.74 Å². The van der Waals surface area contributed by atoms with Crippen LogP contribution in [0.5, 0.6) is 0 Å². The minimum absolute atomic E-state index is 0.598. The molecule has 0 saturated heterocycles. The number of anilines is 1. The van der Waals surface area contributed by atoms with Gasteiger partial charge in [-0.1, -0.05) is 18.2 Å². The summed E-state index contributed by atoms with van der Waals surface area (Å²) in [7, 11) is 1.71. The van der Waals surface area contributed by atoms with Gasteiger partial charge in [-0.2, -0.15) is 0 Å². The monoisotopic (exact) mass is 264 g/mol. The molecule has 1 heterocycles. The van der Waals surface area contributed by atoms with E-state index in [2.05, 4.69) is 16.0 Å². The number of pyridine rings is 1. The van der Waals surface area contributed by atoms with Crippen LogP contribution in [-0.2, 0) is 4.74 Å². The first-order valence-corrected chi connectivity index (χ1v) is 6.54. The van der Waals surface area contributed by atoms with Crippen molar-refractivity contribution in [2.75, 3.05) is 37.6 Å². The van der Waals surface area contributed by atoms with Gasteiger partial charge in [-0.25, -0.2) is 0 Å². The molecule has 0 unspecified atom stereocenters. The molecule has 0 aliphatic carbocycles. The van der Waals surface area contributed by atoms with E-state index in [9.17, 15) is 0 Å². The van der Waals surface area contributed by atoms with Gasteiger partial charge in [0.25, 0.3) is 0 Å². The second-order valence-corrected chi connectivity index (χ2v) is 4.39. The van der Waals surface area contributed by atoms with Crippen LogP contribution in [-0.4, -0.2) is 37.7 Å². The Morgan fingerprint density at radius 3 is 2.83 bits per heavy atom. The van der Waals surface area contributed by atoms with Crippen molar-refractivity contribution in [2.24, 2.45) is 0 Å². The third kappa shape index (κ3) is 2.92. The molecule has 1 aromatic heterocycles. The fourth-order valence-corrected chi connectivity index (χ4v) is 2.22. The van der Waals surface area contributed by atoms with Crippen LogP contribution in [0.15, 0.2) is 36.5 Å². The van der Waals surface area contributed by atoms with Crippen LogP contribution in [0.25, 0.3) is 10.9 Å². The lowest BCUT2D eigenvalue weighted by atomic mass is 10.1. The van der Waals surface area contributed by atoms with E-state index in [0.717, 1.165) is 24.0 Å². The lowest BCUT2D eigenvalue weighted by molar-refractivity contribution is 0.205. The smallest absolute Gasteiger partial charge is 0.0722 e. The molecule has 1 aromatic carbocycles. The number of methoxy groups -OCH3 is 1. The van der Waals surface area contributed by atoms with E-state index < -0.39 is 0 Å². The van der Waals surface area contributed by atoms with E-state index in [0.29, 0.717) is 12.5 Å². The molecule has 2 rings (SSSR count). The summed E-state index contributed by atoms with van der Waals surface area (Å²) in [6, 6.07) is 10.2. The van der Waals surface area contributed by atoms with Gasteiger partial charge in [0.15, 0.2) is 0 Å². The SMILES string of the molecule is COCCN(CCCl)c1ccnc2ccccc12. The average Bonchev–Trinajstić information content (AvgIpc) is 2.43. The van der Waals surface area contributed by atoms with E-state index in [4.69, 9.17) is 16.3 Å². The van der Waals surface area contributed by atoms with Gasteiger partial charge in [0.2, 0.25) is 0 Å². The number of alkyl halides is 1. The molecule has 0 amide bonds. The quantitative estimate of drug-likeness (QED) is 0.750. The molecule has 0 radical (unpaired) electrons. The van der Waals surface area contributed by atoms with E-state index in [1.165, 1.54) is 5.69 Å². The highest BCUT2D eigenvalue weighted by molar-refractivity contribution is 6.18. The molecule has 3 nitrogen and oxygen atoms in total. The summed E-state index contributed by atoms with van der Waals surface area (Å²) in [4.78, 5) is 6.61. The molecule has 18 heavy (non-hydrogen) atoms. The Morgan fingerprint density at radius 2 is 2.06 bits per heavy atom.